The van der Waals surface area contributed by atoms with Gasteiger partial charge in [-0.3, -0.25) is 0 Å². The van der Waals surface area contributed by atoms with E-state index in [1.807, 2.05) is 12.1 Å². The molecule has 0 fully saturated rings. The lowest BCUT2D eigenvalue weighted by Gasteiger charge is -2.18. The first kappa shape index (κ1) is 13.1. The van der Waals surface area contributed by atoms with Crippen LogP contribution in [0.3, 0.4) is 0 Å². The Morgan fingerprint density at radius 3 is 2.78 bits per heavy atom. The number of rotatable bonds is 4. The molecule has 0 saturated carbocycles. The quantitative estimate of drug-likeness (QED) is 0.854. The van der Waals surface area contributed by atoms with Gasteiger partial charge in [0.1, 0.15) is 11.4 Å². The zero-order chi connectivity index (χ0) is 13.0. The molecule has 100 valence electrons. The second-order valence-corrected chi connectivity index (χ2v) is 5.29. The molecule has 0 aliphatic carbocycles. The minimum Gasteiger partial charge on any atom is -0.491 e. The van der Waals surface area contributed by atoms with Crippen LogP contribution in [0.1, 0.15) is 27.2 Å². The zero-order valence-electron chi connectivity index (χ0n) is 11.6. The molecule has 1 aromatic rings. The van der Waals surface area contributed by atoms with E-state index in [0.29, 0.717) is 11.8 Å². The first-order valence-electron chi connectivity index (χ1n) is 6.96. The zero-order valence-corrected chi connectivity index (χ0v) is 11.6. The molecular weight excluding hydrogens is 224 g/mol. The van der Waals surface area contributed by atoms with Crippen molar-refractivity contribution < 1.29 is 4.74 Å². The van der Waals surface area contributed by atoms with E-state index < -0.39 is 0 Å². The normalized spacial score (nSPS) is 18.6. The summed E-state index contributed by atoms with van der Waals surface area (Å²) >= 11 is 0. The molecule has 0 aromatic heterocycles. The van der Waals surface area contributed by atoms with Crippen LogP contribution in [0.5, 0.6) is 5.75 Å². The summed E-state index contributed by atoms with van der Waals surface area (Å²) < 4.78 is 5.80. The Kier molecular flexibility index (Phi) is 4.34. The Hall–Kier alpha value is -1.38. The molecule has 3 nitrogen and oxygen atoms in total. The Morgan fingerprint density at radius 1 is 1.28 bits per heavy atom. The van der Waals surface area contributed by atoms with Gasteiger partial charge in [0.2, 0.25) is 0 Å². The molecule has 18 heavy (non-hydrogen) atoms. The Morgan fingerprint density at radius 2 is 2.06 bits per heavy atom. The van der Waals surface area contributed by atoms with Crippen LogP contribution in [-0.2, 0) is 0 Å². The number of para-hydroxylation sites is 1. The van der Waals surface area contributed by atoms with Crippen LogP contribution in [0.4, 0.5) is 11.4 Å². The number of ether oxygens (including phenoxy) is 1. The third-order valence-corrected chi connectivity index (χ3v) is 3.53. The van der Waals surface area contributed by atoms with Gasteiger partial charge in [0.25, 0.3) is 0 Å². The average Bonchev–Trinajstić information content (AvgIpc) is 2.59. The van der Waals surface area contributed by atoms with Gasteiger partial charge in [0, 0.05) is 13.1 Å². The molecule has 1 atom stereocenters. The standard InChI is InChI=1S/C15H24N2O/c1-4-8-18-14-7-5-6-13-15(14)17-10-12(9-16-13)11(2)3/h5-7,11-12,16-17H,4,8-10H2,1-3H3. The van der Waals surface area contributed by atoms with Gasteiger partial charge in [-0.2, -0.15) is 0 Å². The lowest BCUT2D eigenvalue weighted by molar-refractivity contribution is 0.319. The fraction of sp³-hybridized carbons (Fsp3) is 0.600. The van der Waals surface area contributed by atoms with E-state index >= 15 is 0 Å². The van der Waals surface area contributed by atoms with Crippen molar-refractivity contribution >= 4 is 11.4 Å². The fourth-order valence-corrected chi connectivity index (χ4v) is 2.21. The van der Waals surface area contributed by atoms with Gasteiger partial charge in [-0.15, -0.1) is 0 Å². The summed E-state index contributed by atoms with van der Waals surface area (Å²) in [6, 6.07) is 6.21. The molecule has 1 heterocycles. The van der Waals surface area contributed by atoms with E-state index in [2.05, 4.69) is 37.5 Å². The highest BCUT2D eigenvalue weighted by Gasteiger charge is 2.20. The lowest BCUT2D eigenvalue weighted by atomic mass is 9.96. The molecule has 3 heteroatoms. The highest BCUT2D eigenvalue weighted by atomic mass is 16.5. The molecular formula is C15H24N2O. The van der Waals surface area contributed by atoms with Gasteiger partial charge < -0.3 is 15.4 Å². The van der Waals surface area contributed by atoms with Crippen LogP contribution >= 0.6 is 0 Å². The Bertz CT molecular complexity index is 390. The number of hydrogen-bond donors (Lipinski definition) is 2. The highest BCUT2D eigenvalue weighted by molar-refractivity contribution is 5.76. The first-order chi connectivity index (χ1) is 8.72. The van der Waals surface area contributed by atoms with Crippen molar-refractivity contribution in [2.75, 3.05) is 30.3 Å². The molecule has 0 saturated heterocycles. The van der Waals surface area contributed by atoms with Crippen molar-refractivity contribution in [3.05, 3.63) is 18.2 Å². The third-order valence-electron chi connectivity index (χ3n) is 3.53. The number of fused-ring (bicyclic) bond motifs is 1. The summed E-state index contributed by atoms with van der Waals surface area (Å²) in [7, 11) is 0. The molecule has 1 aromatic carbocycles. The molecule has 0 spiro atoms. The van der Waals surface area contributed by atoms with Crippen molar-refractivity contribution in [2.24, 2.45) is 11.8 Å². The number of hydrogen-bond acceptors (Lipinski definition) is 3. The van der Waals surface area contributed by atoms with Gasteiger partial charge in [0.05, 0.1) is 12.3 Å². The predicted octanol–water partition coefficient (Wildman–Crippen LogP) is 3.59. The predicted molar refractivity (Wildman–Crippen MR) is 77.5 cm³/mol. The van der Waals surface area contributed by atoms with E-state index in [9.17, 15) is 0 Å². The van der Waals surface area contributed by atoms with Gasteiger partial charge in [-0.25, -0.2) is 0 Å². The van der Waals surface area contributed by atoms with Crippen molar-refractivity contribution in [1.29, 1.82) is 0 Å². The van der Waals surface area contributed by atoms with Gasteiger partial charge in [-0.05, 0) is 30.4 Å². The van der Waals surface area contributed by atoms with E-state index in [-0.39, 0.29) is 0 Å². The summed E-state index contributed by atoms with van der Waals surface area (Å²) in [6.45, 7) is 9.48. The average molecular weight is 248 g/mol. The van der Waals surface area contributed by atoms with Gasteiger partial charge >= 0.3 is 0 Å². The number of anilines is 2. The van der Waals surface area contributed by atoms with Crippen molar-refractivity contribution in [3.8, 4) is 5.75 Å². The SMILES string of the molecule is CCCOc1cccc2c1NCC(C(C)C)CN2. The van der Waals surface area contributed by atoms with Crippen molar-refractivity contribution in [3.63, 3.8) is 0 Å². The molecule has 1 aliphatic rings. The topological polar surface area (TPSA) is 33.3 Å². The van der Waals surface area contributed by atoms with Gasteiger partial charge in [0.15, 0.2) is 0 Å². The minimum atomic E-state index is 0.649. The molecule has 2 N–H and O–H groups in total. The van der Waals surface area contributed by atoms with E-state index in [4.69, 9.17) is 4.74 Å². The molecule has 0 radical (unpaired) electrons. The molecule has 0 amide bonds. The van der Waals surface area contributed by atoms with Crippen LogP contribution in [-0.4, -0.2) is 19.7 Å². The monoisotopic (exact) mass is 248 g/mol. The second kappa shape index (κ2) is 5.98. The minimum absolute atomic E-state index is 0.649. The van der Waals surface area contributed by atoms with Gasteiger partial charge in [-0.1, -0.05) is 26.8 Å². The third kappa shape index (κ3) is 2.89. The summed E-state index contributed by atoms with van der Waals surface area (Å²) in [6.07, 6.45) is 1.03. The van der Waals surface area contributed by atoms with E-state index in [1.54, 1.807) is 0 Å². The Labute approximate surface area is 110 Å². The van der Waals surface area contributed by atoms with Crippen molar-refractivity contribution in [2.45, 2.75) is 27.2 Å². The fourth-order valence-electron chi connectivity index (χ4n) is 2.21. The maximum atomic E-state index is 5.80. The van der Waals surface area contributed by atoms with Crippen molar-refractivity contribution in [1.82, 2.24) is 0 Å². The summed E-state index contributed by atoms with van der Waals surface area (Å²) in [5.41, 5.74) is 2.28. The largest absolute Gasteiger partial charge is 0.491 e. The Balaban J connectivity index is 2.16. The molecule has 2 rings (SSSR count). The molecule has 0 bridgehead atoms. The summed E-state index contributed by atoms with van der Waals surface area (Å²) in [5.74, 6) is 2.29. The lowest BCUT2D eigenvalue weighted by Crippen LogP contribution is -2.23. The maximum absolute atomic E-state index is 5.80. The van der Waals surface area contributed by atoms with E-state index in [1.165, 1.54) is 0 Å². The van der Waals surface area contributed by atoms with Crippen LogP contribution < -0.4 is 15.4 Å². The van der Waals surface area contributed by atoms with Crippen LogP contribution in [0, 0.1) is 11.8 Å². The molecule has 1 aliphatic heterocycles. The van der Waals surface area contributed by atoms with Crippen LogP contribution in [0.2, 0.25) is 0 Å². The number of benzene rings is 1. The molecule has 1 unspecified atom stereocenters. The summed E-state index contributed by atoms with van der Waals surface area (Å²) in [5, 5.41) is 7.08. The van der Waals surface area contributed by atoms with Crippen LogP contribution in [0.25, 0.3) is 0 Å². The first-order valence-corrected chi connectivity index (χ1v) is 6.96. The maximum Gasteiger partial charge on any atom is 0.144 e. The van der Waals surface area contributed by atoms with E-state index in [0.717, 1.165) is 43.2 Å². The summed E-state index contributed by atoms with van der Waals surface area (Å²) in [4.78, 5) is 0. The number of nitrogens with one attached hydrogen (secondary N) is 2. The second-order valence-electron chi connectivity index (χ2n) is 5.29. The van der Waals surface area contributed by atoms with Crippen LogP contribution in [0.15, 0.2) is 18.2 Å². The highest BCUT2D eigenvalue weighted by Crippen LogP contribution is 2.35. The smallest absolute Gasteiger partial charge is 0.144 e.